The third kappa shape index (κ3) is 3.06. The molecular formula is C18H20N2O2. The molecule has 0 saturated carbocycles. The second-order valence-electron chi connectivity index (χ2n) is 5.42. The van der Waals surface area contributed by atoms with Crippen molar-refractivity contribution in [1.82, 2.24) is 5.32 Å². The number of hydrogen-bond donors (Lipinski definition) is 1. The molecule has 0 fully saturated rings. The van der Waals surface area contributed by atoms with Crippen molar-refractivity contribution in [3.63, 3.8) is 0 Å². The number of benzene rings is 2. The number of hydrogen-bond acceptors (Lipinski definition) is 3. The smallest absolute Gasteiger partial charge is 0.221 e. The molecule has 1 N–H and O–H groups in total. The van der Waals surface area contributed by atoms with Gasteiger partial charge in [0.1, 0.15) is 12.4 Å². The molecule has 1 unspecified atom stereocenters. The first kappa shape index (κ1) is 14.4. The van der Waals surface area contributed by atoms with Gasteiger partial charge in [0.25, 0.3) is 0 Å². The van der Waals surface area contributed by atoms with Gasteiger partial charge in [0.05, 0.1) is 18.2 Å². The number of nitrogens with one attached hydrogen (secondary N) is 1. The highest BCUT2D eigenvalue weighted by Gasteiger charge is 2.28. The first-order valence-electron chi connectivity index (χ1n) is 7.51. The fraction of sp³-hybridized carbons (Fsp3) is 0.278. The minimum atomic E-state index is 0.0334. The molecule has 4 nitrogen and oxygen atoms in total. The van der Waals surface area contributed by atoms with Crippen molar-refractivity contribution in [2.45, 2.75) is 19.0 Å². The molecule has 1 heterocycles. The van der Waals surface area contributed by atoms with Crippen LogP contribution in [-0.2, 0) is 11.3 Å². The zero-order valence-electron chi connectivity index (χ0n) is 12.7. The Morgan fingerprint density at radius 2 is 1.91 bits per heavy atom. The Hall–Kier alpha value is -2.49. The summed E-state index contributed by atoms with van der Waals surface area (Å²) in [5.41, 5.74) is 2.27. The molecule has 114 valence electrons. The van der Waals surface area contributed by atoms with E-state index in [9.17, 15) is 4.79 Å². The predicted molar refractivity (Wildman–Crippen MR) is 87.0 cm³/mol. The molecule has 2 aromatic carbocycles. The molecule has 0 radical (unpaired) electrons. The largest absolute Gasteiger partial charge is 0.489 e. The summed E-state index contributed by atoms with van der Waals surface area (Å²) in [6.07, 6.45) is 0.428. The van der Waals surface area contributed by atoms with Gasteiger partial charge in [-0.05, 0) is 17.7 Å². The third-order valence-electron chi connectivity index (χ3n) is 3.94. The van der Waals surface area contributed by atoms with E-state index in [1.807, 2.05) is 42.5 Å². The molecule has 1 aliphatic heterocycles. The van der Waals surface area contributed by atoms with Crippen LogP contribution in [0.5, 0.6) is 5.75 Å². The zero-order valence-corrected chi connectivity index (χ0v) is 12.7. The lowest BCUT2D eigenvalue weighted by Crippen LogP contribution is -2.45. The van der Waals surface area contributed by atoms with Crippen molar-refractivity contribution < 1.29 is 9.53 Å². The SMILES string of the molecule is CNC(=O)CC1COc2ccccc2N1Cc1ccccc1. The molecule has 1 atom stereocenters. The number of fused-ring (bicyclic) bond motifs is 1. The Morgan fingerprint density at radius 3 is 2.68 bits per heavy atom. The Labute approximate surface area is 130 Å². The van der Waals surface area contributed by atoms with Crippen molar-refractivity contribution in [1.29, 1.82) is 0 Å². The van der Waals surface area contributed by atoms with Gasteiger partial charge >= 0.3 is 0 Å². The van der Waals surface area contributed by atoms with Crippen LogP contribution < -0.4 is 15.0 Å². The fourth-order valence-electron chi connectivity index (χ4n) is 2.77. The number of amides is 1. The predicted octanol–water partition coefficient (Wildman–Crippen LogP) is 2.59. The summed E-state index contributed by atoms with van der Waals surface area (Å²) in [7, 11) is 1.67. The van der Waals surface area contributed by atoms with Gasteiger partial charge in [0, 0.05) is 13.6 Å². The van der Waals surface area contributed by atoms with Gasteiger partial charge in [-0.2, -0.15) is 0 Å². The highest BCUT2D eigenvalue weighted by Crippen LogP contribution is 2.35. The third-order valence-corrected chi connectivity index (χ3v) is 3.94. The minimum absolute atomic E-state index is 0.0334. The number of nitrogens with zero attached hydrogens (tertiary/aromatic N) is 1. The van der Waals surface area contributed by atoms with E-state index in [2.05, 4.69) is 22.3 Å². The lowest BCUT2D eigenvalue weighted by molar-refractivity contribution is -0.121. The molecule has 0 saturated heterocycles. The number of anilines is 1. The van der Waals surface area contributed by atoms with Crippen LogP contribution in [0.1, 0.15) is 12.0 Å². The number of para-hydroxylation sites is 2. The highest BCUT2D eigenvalue weighted by atomic mass is 16.5. The van der Waals surface area contributed by atoms with Crippen molar-refractivity contribution in [3.8, 4) is 5.75 Å². The van der Waals surface area contributed by atoms with Crippen LogP contribution in [0.15, 0.2) is 54.6 Å². The topological polar surface area (TPSA) is 41.6 Å². The summed E-state index contributed by atoms with van der Waals surface area (Å²) in [5, 5.41) is 2.70. The van der Waals surface area contributed by atoms with Gasteiger partial charge in [0.2, 0.25) is 5.91 Å². The molecule has 1 amide bonds. The second-order valence-corrected chi connectivity index (χ2v) is 5.42. The van der Waals surface area contributed by atoms with Crippen molar-refractivity contribution in [3.05, 3.63) is 60.2 Å². The first-order chi connectivity index (χ1) is 10.8. The number of carbonyl (C=O) groups is 1. The standard InChI is InChI=1S/C18H20N2O2/c1-19-18(21)11-15-13-22-17-10-6-5-9-16(17)20(15)12-14-7-3-2-4-8-14/h2-10,15H,11-13H2,1H3,(H,19,21). The molecular weight excluding hydrogens is 276 g/mol. The van der Waals surface area contributed by atoms with E-state index in [1.54, 1.807) is 7.05 Å². The van der Waals surface area contributed by atoms with Gasteiger partial charge in [-0.15, -0.1) is 0 Å². The van der Waals surface area contributed by atoms with Crippen molar-refractivity contribution in [2.75, 3.05) is 18.6 Å². The summed E-state index contributed by atoms with van der Waals surface area (Å²) in [6.45, 7) is 1.29. The van der Waals surface area contributed by atoms with E-state index in [0.717, 1.165) is 18.0 Å². The number of rotatable bonds is 4. The minimum Gasteiger partial charge on any atom is -0.489 e. The molecule has 0 bridgehead atoms. The monoisotopic (exact) mass is 296 g/mol. The second kappa shape index (κ2) is 6.52. The van der Waals surface area contributed by atoms with Crippen molar-refractivity contribution >= 4 is 11.6 Å². The van der Waals surface area contributed by atoms with Crippen LogP contribution in [0.4, 0.5) is 5.69 Å². The van der Waals surface area contributed by atoms with Crippen LogP contribution in [-0.4, -0.2) is 25.6 Å². The van der Waals surface area contributed by atoms with Gasteiger partial charge in [-0.3, -0.25) is 4.79 Å². The summed E-state index contributed by atoms with van der Waals surface area (Å²) in [6, 6.07) is 18.3. The van der Waals surface area contributed by atoms with Crippen LogP contribution >= 0.6 is 0 Å². The van der Waals surface area contributed by atoms with E-state index in [-0.39, 0.29) is 11.9 Å². The maximum atomic E-state index is 11.8. The quantitative estimate of drug-likeness (QED) is 0.943. The Balaban J connectivity index is 1.89. The Kier molecular flexibility index (Phi) is 4.28. The summed E-state index contributed by atoms with van der Waals surface area (Å²) < 4.78 is 5.83. The van der Waals surface area contributed by atoms with E-state index >= 15 is 0 Å². The molecule has 22 heavy (non-hydrogen) atoms. The van der Waals surface area contributed by atoms with Crippen LogP contribution in [0.25, 0.3) is 0 Å². The maximum Gasteiger partial charge on any atom is 0.221 e. The zero-order chi connectivity index (χ0) is 15.4. The van der Waals surface area contributed by atoms with E-state index in [4.69, 9.17) is 4.74 Å². The van der Waals surface area contributed by atoms with Gasteiger partial charge < -0.3 is 15.0 Å². The first-order valence-corrected chi connectivity index (χ1v) is 7.51. The Bertz CT molecular complexity index is 643. The Morgan fingerprint density at radius 1 is 1.18 bits per heavy atom. The average Bonchev–Trinajstić information content (AvgIpc) is 2.57. The van der Waals surface area contributed by atoms with E-state index in [0.29, 0.717) is 13.0 Å². The maximum absolute atomic E-state index is 11.8. The summed E-state index contributed by atoms with van der Waals surface area (Å²) in [4.78, 5) is 14.1. The van der Waals surface area contributed by atoms with Crippen LogP contribution in [0, 0.1) is 0 Å². The van der Waals surface area contributed by atoms with Gasteiger partial charge in [0.15, 0.2) is 0 Å². The molecule has 0 aromatic heterocycles. The van der Waals surface area contributed by atoms with Crippen LogP contribution in [0.3, 0.4) is 0 Å². The lowest BCUT2D eigenvalue weighted by atomic mass is 10.1. The van der Waals surface area contributed by atoms with Crippen molar-refractivity contribution in [2.24, 2.45) is 0 Å². The molecule has 0 aliphatic carbocycles. The normalized spacial score (nSPS) is 16.6. The fourth-order valence-corrected chi connectivity index (χ4v) is 2.77. The number of ether oxygens (including phenoxy) is 1. The lowest BCUT2D eigenvalue weighted by Gasteiger charge is -2.38. The number of carbonyl (C=O) groups excluding carboxylic acids is 1. The summed E-state index contributed by atoms with van der Waals surface area (Å²) >= 11 is 0. The molecule has 4 heteroatoms. The van der Waals surface area contributed by atoms with E-state index < -0.39 is 0 Å². The average molecular weight is 296 g/mol. The molecule has 2 aromatic rings. The molecule has 3 rings (SSSR count). The highest BCUT2D eigenvalue weighted by molar-refractivity contribution is 5.77. The summed E-state index contributed by atoms with van der Waals surface area (Å²) in [5.74, 6) is 0.914. The van der Waals surface area contributed by atoms with Gasteiger partial charge in [-0.1, -0.05) is 42.5 Å². The van der Waals surface area contributed by atoms with Gasteiger partial charge in [-0.25, -0.2) is 0 Å². The molecule has 0 spiro atoms. The molecule has 1 aliphatic rings. The van der Waals surface area contributed by atoms with E-state index in [1.165, 1.54) is 5.56 Å². The van der Waals surface area contributed by atoms with Crippen LogP contribution in [0.2, 0.25) is 0 Å².